The quantitative estimate of drug-likeness (QED) is 0.154. The lowest BCUT2D eigenvalue weighted by molar-refractivity contribution is -0.384. The predicted octanol–water partition coefficient (Wildman–Crippen LogP) is 6.33. The number of nitro groups is 1. The minimum absolute atomic E-state index is 0.0543. The molecule has 0 radical (unpaired) electrons. The van der Waals surface area contributed by atoms with Crippen LogP contribution >= 0.6 is 0 Å². The number of rotatable bonds is 7. The Bertz CT molecular complexity index is 1820. The fourth-order valence-electron chi connectivity index (χ4n) is 4.11. The third kappa shape index (κ3) is 5.55. The Labute approximate surface area is 222 Å². The van der Waals surface area contributed by atoms with Crippen LogP contribution in [0.4, 0.5) is 5.69 Å². The van der Waals surface area contributed by atoms with Gasteiger partial charge in [0.25, 0.3) is 11.2 Å². The number of benzene rings is 4. The summed E-state index contributed by atoms with van der Waals surface area (Å²) < 4.78 is 1.40. The van der Waals surface area contributed by atoms with Crippen molar-refractivity contribution in [3.8, 4) is 5.69 Å². The van der Waals surface area contributed by atoms with E-state index in [1.54, 1.807) is 48.6 Å². The van der Waals surface area contributed by atoms with E-state index in [0.717, 1.165) is 11.1 Å². The van der Waals surface area contributed by atoms with E-state index in [1.807, 2.05) is 48.6 Å². The molecule has 8 nitrogen and oxygen atoms in total. The van der Waals surface area contributed by atoms with Gasteiger partial charge in [-0.05, 0) is 59.2 Å². The number of aromatic nitrogens is 2. The van der Waals surface area contributed by atoms with E-state index in [0.29, 0.717) is 22.2 Å². The van der Waals surface area contributed by atoms with Crippen molar-refractivity contribution in [1.82, 2.24) is 9.55 Å². The van der Waals surface area contributed by atoms with Crippen LogP contribution < -0.4 is 5.56 Å². The second-order valence-electron chi connectivity index (χ2n) is 8.67. The van der Waals surface area contributed by atoms with E-state index >= 15 is 0 Å². The molecule has 0 aliphatic rings. The first-order valence-corrected chi connectivity index (χ1v) is 12.0. The number of carbonyl (C=O) groups is 1. The molecular weight excluding hydrogens is 494 g/mol. The molecule has 1 aromatic heterocycles. The van der Waals surface area contributed by atoms with Gasteiger partial charge in [0.15, 0.2) is 0 Å². The van der Waals surface area contributed by atoms with Gasteiger partial charge in [-0.3, -0.25) is 19.5 Å². The van der Waals surface area contributed by atoms with E-state index in [9.17, 15) is 24.8 Å². The molecular formula is C31H21N3O5. The first-order chi connectivity index (χ1) is 18.9. The number of carboxylic acids is 1. The number of fused-ring (bicyclic) bond motifs is 1. The number of aromatic carboxylic acids is 1. The Morgan fingerprint density at radius 1 is 0.795 bits per heavy atom. The summed E-state index contributed by atoms with van der Waals surface area (Å²) in [5.41, 5.74) is 3.01. The summed E-state index contributed by atoms with van der Waals surface area (Å²) in [5.74, 6) is -0.791. The molecule has 0 saturated carbocycles. The molecule has 190 valence electrons. The van der Waals surface area contributed by atoms with Crippen LogP contribution in [0.3, 0.4) is 0 Å². The summed E-state index contributed by atoms with van der Waals surface area (Å²) in [6.45, 7) is 0. The summed E-state index contributed by atoms with van der Waals surface area (Å²) in [6.07, 6.45) is 7.11. The molecule has 1 heterocycles. The van der Waals surface area contributed by atoms with Gasteiger partial charge < -0.3 is 5.11 Å². The van der Waals surface area contributed by atoms with Gasteiger partial charge in [0.05, 0.1) is 27.1 Å². The molecule has 0 bridgehead atoms. The van der Waals surface area contributed by atoms with E-state index in [-0.39, 0.29) is 22.6 Å². The van der Waals surface area contributed by atoms with Crippen LogP contribution in [0.15, 0.2) is 102 Å². The van der Waals surface area contributed by atoms with E-state index < -0.39 is 10.9 Å². The molecule has 0 fully saturated rings. The first kappa shape index (κ1) is 25.0. The van der Waals surface area contributed by atoms with Crippen molar-refractivity contribution in [2.45, 2.75) is 0 Å². The fraction of sp³-hybridized carbons (Fsp3) is 0. The Morgan fingerprint density at radius 2 is 1.46 bits per heavy atom. The normalized spacial score (nSPS) is 11.4. The summed E-state index contributed by atoms with van der Waals surface area (Å²) in [4.78, 5) is 40.5. The molecule has 0 unspecified atom stereocenters. The summed E-state index contributed by atoms with van der Waals surface area (Å²) in [5, 5.41) is 20.8. The second kappa shape index (κ2) is 10.8. The third-order valence-electron chi connectivity index (χ3n) is 6.06. The highest BCUT2D eigenvalue weighted by Crippen LogP contribution is 2.20. The van der Waals surface area contributed by atoms with Gasteiger partial charge in [0, 0.05) is 12.1 Å². The smallest absolute Gasteiger partial charge is 0.335 e. The number of nitrogens with zero attached hydrogens (tertiary/aromatic N) is 3. The summed E-state index contributed by atoms with van der Waals surface area (Å²) in [6, 6.07) is 27.2. The zero-order valence-corrected chi connectivity index (χ0v) is 20.5. The van der Waals surface area contributed by atoms with Crippen molar-refractivity contribution in [2.75, 3.05) is 0 Å². The van der Waals surface area contributed by atoms with Crippen molar-refractivity contribution in [1.29, 1.82) is 0 Å². The number of carboxylic acid groups (broad SMARTS) is 1. The van der Waals surface area contributed by atoms with Crippen LogP contribution in [0.25, 0.3) is 40.9 Å². The average molecular weight is 516 g/mol. The molecule has 5 aromatic rings. The average Bonchev–Trinajstić information content (AvgIpc) is 2.96. The zero-order valence-electron chi connectivity index (χ0n) is 20.5. The molecule has 4 aromatic carbocycles. The van der Waals surface area contributed by atoms with Gasteiger partial charge in [0.2, 0.25) is 0 Å². The molecule has 5 rings (SSSR count). The van der Waals surface area contributed by atoms with Gasteiger partial charge in [-0.25, -0.2) is 9.78 Å². The third-order valence-corrected chi connectivity index (χ3v) is 6.06. The Kier molecular flexibility index (Phi) is 6.92. The number of hydrogen-bond acceptors (Lipinski definition) is 5. The van der Waals surface area contributed by atoms with E-state index in [4.69, 9.17) is 4.98 Å². The van der Waals surface area contributed by atoms with Crippen molar-refractivity contribution in [3.63, 3.8) is 0 Å². The Hall–Kier alpha value is -5.63. The SMILES string of the molecule is O=C(O)c1ccc(-n2c(/C=C/c3cccc([N+](=O)[O-])c3)nc3ccc(/C=C/c4ccccc4)cc3c2=O)cc1. The van der Waals surface area contributed by atoms with Gasteiger partial charge in [0.1, 0.15) is 5.82 Å². The highest BCUT2D eigenvalue weighted by atomic mass is 16.6. The van der Waals surface area contributed by atoms with Crippen molar-refractivity contribution >= 4 is 46.9 Å². The van der Waals surface area contributed by atoms with Crippen molar-refractivity contribution < 1.29 is 14.8 Å². The largest absolute Gasteiger partial charge is 0.478 e. The maximum atomic E-state index is 13.8. The van der Waals surface area contributed by atoms with Gasteiger partial charge >= 0.3 is 5.97 Å². The summed E-state index contributed by atoms with van der Waals surface area (Å²) >= 11 is 0. The van der Waals surface area contributed by atoms with Crippen LogP contribution in [-0.2, 0) is 0 Å². The van der Waals surface area contributed by atoms with Crippen LogP contribution in [-0.4, -0.2) is 25.6 Å². The van der Waals surface area contributed by atoms with E-state index in [1.165, 1.54) is 28.8 Å². The molecule has 0 saturated heterocycles. The minimum Gasteiger partial charge on any atom is -0.478 e. The van der Waals surface area contributed by atoms with Gasteiger partial charge in [-0.1, -0.05) is 66.8 Å². The van der Waals surface area contributed by atoms with Crippen LogP contribution in [0.2, 0.25) is 0 Å². The van der Waals surface area contributed by atoms with Crippen molar-refractivity contribution in [2.24, 2.45) is 0 Å². The lowest BCUT2D eigenvalue weighted by atomic mass is 10.1. The summed E-state index contributed by atoms with van der Waals surface area (Å²) in [7, 11) is 0. The van der Waals surface area contributed by atoms with Crippen LogP contribution in [0, 0.1) is 10.1 Å². The van der Waals surface area contributed by atoms with Crippen LogP contribution in [0.5, 0.6) is 0 Å². The number of hydrogen-bond donors (Lipinski definition) is 1. The topological polar surface area (TPSA) is 115 Å². The molecule has 39 heavy (non-hydrogen) atoms. The lowest BCUT2D eigenvalue weighted by Crippen LogP contribution is -2.22. The second-order valence-corrected chi connectivity index (χ2v) is 8.67. The van der Waals surface area contributed by atoms with Gasteiger partial charge in [-0.2, -0.15) is 0 Å². The molecule has 0 spiro atoms. The number of non-ortho nitro benzene ring substituents is 1. The zero-order chi connectivity index (χ0) is 27.4. The minimum atomic E-state index is -1.08. The lowest BCUT2D eigenvalue weighted by Gasteiger charge is -2.12. The molecule has 8 heteroatoms. The highest BCUT2D eigenvalue weighted by molar-refractivity contribution is 5.88. The Morgan fingerprint density at radius 3 is 2.18 bits per heavy atom. The Balaban J connectivity index is 1.64. The maximum Gasteiger partial charge on any atom is 0.335 e. The van der Waals surface area contributed by atoms with Crippen molar-refractivity contribution in [3.05, 3.63) is 146 Å². The predicted molar refractivity (Wildman–Crippen MR) is 152 cm³/mol. The first-order valence-electron chi connectivity index (χ1n) is 12.0. The molecule has 1 N–H and O–H groups in total. The maximum absolute atomic E-state index is 13.8. The fourth-order valence-corrected chi connectivity index (χ4v) is 4.11. The standard InChI is InChI=1S/C31H21N3O5/c35-30-27-20-23(10-9-21-5-2-1-3-6-21)11-17-28(27)32-29(18-12-22-7-4-8-26(19-22)34(38)39)33(30)25-15-13-24(14-16-25)31(36)37/h1-20H,(H,36,37)/b10-9+,18-12+. The van der Waals surface area contributed by atoms with Gasteiger partial charge in [-0.15, -0.1) is 0 Å². The molecule has 0 aliphatic heterocycles. The monoisotopic (exact) mass is 515 g/mol. The molecule has 0 atom stereocenters. The number of nitro benzene ring substituents is 1. The highest BCUT2D eigenvalue weighted by Gasteiger charge is 2.13. The van der Waals surface area contributed by atoms with E-state index in [2.05, 4.69) is 0 Å². The molecule has 0 aliphatic carbocycles. The van der Waals surface area contributed by atoms with Crippen LogP contribution in [0.1, 0.15) is 32.9 Å². The molecule has 0 amide bonds.